The molecule has 0 saturated heterocycles. The lowest BCUT2D eigenvalue weighted by Crippen LogP contribution is -2.13. The maximum atomic E-state index is 14.7. The first-order valence-electron chi connectivity index (χ1n) is 12.0. The molecule has 3 nitrogen and oxygen atoms in total. The predicted octanol–water partition coefficient (Wildman–Crippen LogP) is 7.53. The summed E-state index contributed by atoms with van der Waals surface area (Å²) in [4.78, 5) is 0. The van der Waals surface area contributed by atoms with Crippen molar-refractivity contribution in [2.45, 2.75) is 84.5 Å². The number of nitrogens with zero attached hydrogens (tertiary/aromatic N) is 2. The highest BCUT2D eigenvalue weighted by atomic mass is 19.2. The molecule has 0 aliphatic heterocycles. The summed E-state index contributed by atoms with van der Waals surface area (Å²) >= 11 is 0. The van der Waals surface area contributed by atoms with Crippen molar-refractivity contribution in [3.05, 3.63) is 41.5 Å². The highest BCUT2D eigenvalue weighted by molar-refractivity contribution is 5.60. The number of hydrogen-bond acceptors (Lipinski definition) is 3. The number of halogens is 2. The Balaban J connectivity index is 1.54. The number of hydrogen-bond donors (Lipinski definition) is 0. The van der Waals surface area contributed by atoms with Gasteiger partial charge in [0.1, 0.15) is 0 Å². The number of benzene rings is 1. The highest BCUT2D eigenvalue weighted by Gasteiger charge is 2.20. The van der Waals surface area contributed by atoms with Gasteiger partial charge in [0, 0.05) is 11.6 Å². The Bertz CT molecular complexity index is 802. The third-order valence-electron chi connectivity index (χ3n) is 6.53. The van der Waals surface area contributed by atoms with Crippen molar-refractivity contribution in [2.75, 3.05) is 6.61 Å². The second-order valence-electron chi connectivity index (χ2n) is 9.08. The molecule has 170 valence electrons. The molecule has 0 amide bonds. The van der Waals surface area contributed by atoms with Crippen molar-refractivity contribution in [2.24, 2.45) is 11.8 Å². The number of aryl methyl sites for hydroxylation is 1. The first-order chi connectivity index (χ1) is 15.1. The van der Waals surface area contributed by atoms with Crippen LogP contribution < -0.4 is 4.74 Å². The first kappa shape index (κ1) is 23.6. The van der Waals surface area contributed by atoms with Crippen LogP contribution >= 0.6 is 0 Å². The molecule has 0 unspecified atom stereocenters. The molecular formula is C26H36F2N2O. The molecule has 0 N–H and O–H groups in total. The summed E-state index contributed by atoms with van der Waals surface area (Å²) in [5.74, 6) is 0.250. The van der Waals surface area contributed by atoms with E-state index in [1.807, 2.05) is 0 Å². The van der Waals surface area contributed by atoms with Gasteiger partial charge in [-0.3, -0.25) is 0 Å². The predicted molar refractivity (Wildman–Crippen MR) is 121 cm³/mol. The van der Waals surface area contributed by atoms with Gasteiger partial charge in [-0.2, -0.15) is 0 Å². The lowest BCUT2D eigenvalue weighted by molar-refractivity contribution is 0.277. The molecule has 1 aliphatic carbocycles. The van der Waals surface area contributed by atoms with Gasteiger partial charge >= 0.3 is 0 Å². The quantitative estimate of drug-likeness (QED) is 0.346. The number of ether oxygens (including phenoxy) is 1. The Morgan fingerprint density at radius 3 is 2.39 bits per heavy atom. The van der Waals surface area contributed by atoms with Gasteiger partial charge in [-0.15, -0.1) is 10.2 Å². The molecule has 1 aliphatic rings. The summed E-state index contributed by atoms with van der Waals surface area (Å²) in [5, 5.41) is 8.08. The Labute approximate surface area is 185 Å². The second-order valence-corrected chi connectivity index (χ2v) is 9.08. The summed E-state index contributed by atoms with van der Waals surface area (Å²) in [6, 6.07) is 6.63. The minimum Gasteiger partial charge on any atom is -0.477 e. The van der Waals surface area contributed by atoms with Gasteiger partial charge in [-0.05, 0) is 48.8 Å². The molecule has 1 heterocycles. The van der Waals surface area contributed by atoms with Crippen LogP contribution in [0.3, 0.4) is 0 Å². The minimum atomic E-state index is -0.839. The monoisotopic (exact) mass is 430 g/mol. The zero-order valence-corrected chi connectivity index (χ0v) is 19.0. The maximum Gasteiger partial charge on any atom is 0.233 e. The topological polar surface area (TPSA) is 35.0 Å². The Morgan fingerprint density at radius 1 is 0.903 bits per heavy atom. The lowest BCUT2D eigenvalue weighted by atomic mass is 9.80. The van der Waals surface area contributed by atoms with Crippen LogP contribution in [-0.4, -0.2) is 16.8 Å². The molecule has 3 rings (SSSR count). The van der Waals surface area contributed by atoms with Crippen molar-refractivity contribution in [1.29, 1.82) is 0 Å². The average molecular weight is 431 g/mol. The molecule has 31 heavy (non-hydrogen) atoms. The molecule has 1 aromatic carbocycles. The first-order valence-corrected chi connectivity index (χ1v) is 12.0. The zero-order chi connectivity index (χ0) is 22.1. The van der Waals surface area contributed by atoms with Gasteiger partial charge < -0.3 is 4.74 Å². The summed E-state index contributed by atoms with van der Waals surface area (Å²) < 4.78 is 35.0. The summed E-state index contributed by atoms with van der Waals surface area (Å²) in [7, 11) is 0. The van der Waals surface area contributed by atoms with Crippen molar-refractivity contribution in [3.63, 3.8) is 0 Å². The van der Waals surface area contributed by atoms with E-state index in [0.717, 1.165) is 25.2 Å². The molecule has 1 aromatic heterocycles. The van der Waals surface area contributed by atoms with Crippen LogP contribution in [0.4, 0.5) is 8.78 Å². The largest absolute Gasteiger partial charge is 0.477 e. The number of rotatable bonds is 11. The van der Waals surface area contributed by atoms with E-state index in [0.29, 0.717) is 36.1 Å². The average Bonchev–Trinajstić information content (AvgIpc) is 2.79. The molecule has 0 bridgehead atoms. The Kier molecular flexibility index (Phi) is 9.23. The van der Waals surface area contributed by atoms with Gasteiger partial charge in [0.05, 0.1) is 12.3 Å². The molecule has 0 radical (unpaired) electrons. The van der Waals surface area contributed by atoms with Crippen molar-refractivity contribution in [1.82, 2.24) is 10.2 Å². The van der Waals surface area contributed by atoms with Crippen LogP contribution in [0.25, 0.3) is 11.3 Å². The van der Waals surface area contributed by atoms with Gasteiger partial charge in [0.15, 0.2) is 11.6 Å². The lowest BCUT2D eigenvalue weighted by Gasteiger charge is -2.26. The summed E-state index contributed by atoms with van der Waals surface area (Å²) in [5.41, 5.74) is 0.918. The van der Waals surface area contributed by atoms with Crippen LogP contribution in [0.5, 0.6) is 5.88 Å². The molecule has 0 spiro atoms. The fourth-order valence-electron chi connectivity index (χ4n) is 4.38. The molecule has 5 heteroatoms. The van der Waals surface area contributed by atoms with E-state index >= 15 is 0 Å². The van der Waals surface area contributed by atoms with Crippen LogP contribution in [0, 0.1) is 23.5 Å². The van der Waals surface area contributed by atoms with E-state index in [9.17, 15) is 8.78 Å². The second kappa shape index (κ2) is 12.1. The summed E-state index contributed by atoms with van der Waals surface area (Å²) in [6.45, 7) is 5.07. The molecular weight excluding hydrogens is 394 g/mol. The molecule has 1 saturated carbocycles. The van der Waals surface area contributed by atoms with Gasteiger partial charge in [0.25, 0.3) is 0 Å². The van der Waals surface area contributed by atoms with E-state index in [1.54, 1.807) is 24.3 Å². The standard InChI is InChI=1S/C26H36F2N2O/c1-3-4-5-6-7-18-31-24-17-16-23(29-30-24)22-15-14-21(25(27)26(22)28)13-12-20-10-8-19(2)9-11-20/h14-17,19-20H,3-13,18H2,1-2H3. The summed E-state index contributed by atoms with van der Waals surface area (Å²) in [6.07, 6.45) is 12.2. The molecule has 1 fully saturated rings. The minimum absolute atomic E-state index is 0.145. The van der Waals surface area contributed by atoms with Gasteiger partial charge in [-0.1, -0.05) is 71.3 Å². The van der Waals surface area contributed by atoms with E-state index in [2.05, 4.69) is 24.0 Å². The normalized spacial score (nSPS) is 18.8. The van der Waals surface area contributed by atoms with Crippen LogP contribution in [-0.2, 0) is 6.42 Å². The van der Waals surface area contributed by atoms with Crippen molar-refractivity contribution < 1.29 is 13.5 Å². The van der Waals surface area contributed by atoms with Crippen LogP contribution in [0.2, 0.25) is 0 Å². The Morgan fingerprint density at radius 2 is 1.68 bits per heavy atom. The van der Waals surface area contributed by atoms with Crippen molar-refractivity contribution >= 4 is 0 Å². The third kappa shape index (κ3) is 6.98. The maximum absolute atomic E-state index is 14.7. The SMILES string of the molecule is CCCCCCCOc1ccc(-c2ccc(CCC3CCC(C)CC3)c(F)c2F)nn1. The highest BCUT2D eigenvalue weighted by Crippen LogP contribution is 2.32. The van der Waals surface area contributed by atoms with Crippen LogP contribution in [0.1, 0.15) is 83.6 Å². The van der Waals surface area contributed by atoms with E-state index in [1.165, 1.54) is 44.9 Å². The van der Waals surface area contributed by atoms with Gasteiger partial charge in [0.2, 0.25) is 5.88 Å². The zero-order valence-electron chi connectivity index (χ0n) is 19.0. The number of unbranched alkanes of at least 4 members (excludes halogenated alkanes) is 4. The van der Waals surface area contributed by atoms with Crippen molar-refractivity contribution in [3.8, 4) is 17.1 Å². The van der Waals surface area contributed by atoms with E-state index in [4.69, 9.17) is 4.74 Å². The van der Waals surface area contributed by atoms with Crippen LogP contribution in [0.15, 0.2) is 24.3 Å². The van der Waals surface area contributed by atoms with E-state index in [-0.39, 0.29) is 5.56 Å². The fourth-order valence-corrected chi connectivity index (χ4v) is 4.38. The molecule has 2 aromatic rings. The third-order valence-corrected chi connectivity index (χ3v) is 6.53. The van der Waals surface area contributed by atoms with E-state index < -0.39 is 11.6 Å². The Hall–Kier alpha value is -2.04. The smallest absolute Gasteiger partial charge is 0.233 e. The number of aromatic nitrogens is 2. The fraction of sp³-hybridized carbons (Fsp3) is 0.615. The van der Waals surface area contributed by atoms with Gasteiger partial charge in [-0.25, -0.2) is 8.78 Å². The molecule has 0 atom stereocenters.